The topological polar surface area (TPSA) is 90.5 Å². The predicted molar refractivity (Wildman–Crippen MR) is 101 cm³/mol. The van der Waals surface area contributed by atoms with Crippen LogP contribution in [0.4, 0.5) is 0 Å². The van der Waals surface area contributed by atoms with E-state index in [1.54, 1.807) is 23.5 Å². The summed E-state index contributed by atoms with van der Waals surface area (Å²) < 4.78 is 38.7. The van der Waals surface area contributed by atoms with Crippen LogP contribution in [0.5, 0.6) is 17.2 Å². The van der Waals surface area contributed by atoms with E-state index in [0.717, 1.165) is 22.5 Å². The lowest BCUT2D eigenvalue weighted by Crippen LogP contribution is -2.08. The highest BCUT2D eigenvalue weighted by Gasteiger charge is 2.21. The minimum Gasteiger partial charge on any atom is -0.493 e. The van der Waals surface area contributed by atoms with Gasteiger partial charge < -0.3 is 18.6 Å². The molecule has 0 atom stereocenters. The third-order valence-corrected chi connectivity index (χ3v) is 4.95. The van der Waals surface area contributed by atoms with Crippen LogP contribution in [-0.4, -0.2) is 38.9 Å². The summed E-state index contributed by atoms with van der Waals surface area (Å²) in [6.45, 7) is 1.95. The van der Waals surface area contributed by atoms with Gasteiger partial charge in [0.05, 0.1) is 25.4 Å². The van der Waals surface area contributed by atoms with Crippen LogP contribution in [0.25, 0.3) is 22.0 Å². The largest absolute Gasteiger partial charge is 0.493 e. The van der Waals surface area contributed by atoms with Gasteiger partial charge in [0.2, 0.25) is 5.75 Å². The molecule has 1 aromatic carbocycles. The van der Waals surface area contributed by atoms with Crippen LogP contribution in [0.2, 0.25) is 0 Å². The van der Waals surface area contributed by atoms with Crippen molar-refractivity contribution in [2.24, 2.45) is 0 Å². The summed E-state index contributed by atoms with van der Waals surface area (Å²) in [4.78, 5) is 8.96. The summed E-state index contributed by atoms with van der Waals surface area (Å²) in [5, 5.41) is 1.99. The van der Waals surface area contributed by atoms with Crippen molar-refractivity contribution < 1.29 is 22.1 Å². The number of hydrogen-bond acceptors (Lipinski definition) is 7. The second-order valence-electron chi connectivity index (χ2n) is 5.53. The van der Waals surface area contributed by atoms with Gasteiger partial charge >= 0.3 is 10.1 Å². The summed E-state index contributed by atoms with van der Waals surface area (Å²) >= 11 is 1.60. The number of nitrogens with zero attached hydrogens (tertiary/aromatic N) is 1. The van der Waals surface area contributed by atoms with Crippen LogP contribution >= 0.6 is 11.3 Å². The Morgan fingerprint density at radius 2 is 1.81 bits per heavy atom. The Balaban J connectivity index is 2.11. The number of H-pyrrole nitrogens is 1. The quantitative estimate of drug-likeness (QED) is 0.644. The number of aromatic amines is 1. The van der Waals surface area contributed by atoms with Gasteiger partial charge in [-0.3, -0.25) is 0 Å². The van der Waals surface area contributed by atoms with Gasteiger partial charge in [-0.25, -0.2) is 4.98 Å². The van der Waals surface area contributed by atoms with Crippen LogP contribution < -0.4 is 13.7 Å². The number of benzene rings is 1. The van der Waals surface area contributed by atoms with Crippen molar-refractivity contribution in [3.8, 4) is 39.2 Å². The molecule has 138 valence electrons. The number of ether oxygens (including phenoxy) is 2. The number of hydrogen-bond donors (Lipinski definition) is 1. The van der Waals surface area contributed by atoms with Crippen LogP contribution in [0.15, 0.2) is 29.6 Å². The standard InChI is InChI=1S/C17H18N2O5S2/c1-10-15(14-6-5-7-25-14)19-17(18-10)11-8-12(22-2)16(13(9-11)23-3)24-26(4,20)21/h5-9H,1-4H3,(H,18,19). The molecule has 0 aliphatic heterocycles. The number of nitrogens with one attached hydrogen (secondary N) is 1. The number of imidazole rings is 1. The smallest absolute Gasteiger partial charge is 0.306 e. The highest BCUT2D eigenvalue weighted by atomic mass is 32.2. The Morgan fingerprint density at radius 1 is 1.15 bits per heavy atom. The van der Waals surface area contributed by atoms with Crippen LogP contribution in [0.1, 0.15) is 5.69 Å². The fraction of sp³-hybridized carbons (Fsp3) is 0.235. The first-order valence-corrected chi connectivity index (χ1v) is 10.3. The highest BCUT2D eigenvalue weighted by molar-refractivity contribution is 7.86. The predicted octanol–water partition coefficient (Wildman–Crippen LogP) is 3.47. The zero-order valence-electron chi connectivity index (χ0n) is 14.7. The van der Waals surface area contributed by atoms with Gasteiger partial charge in [-0.2, -0.15) is 8.42 Å². The Hall–Kier alpha value is -2.52. The molecule has 0 saturated carbocycles. The Morgan fingerprint density at radius 3 is 2.31 bits per heavy atom. The third kappa shape index (κ3) is 3.68. The van der Waals surface area contributed by atoms with Gasteiger partial charge in [0.15, 0.2) is 11.5 Å². The van der Waals surface area contributed by atoms with Crippen molar-refractivity contribution >= 4 is 21.5 Å². The van der Waals surface area contributed by atoms with E-state index in [-0.39, 0.29) is 17.2 Å². The minimum atomic E-state index is -3.73. The van der Waals surface area contributed by atoms with Gasteiger partial charge in [0.25, 0.3) is 0 Å². The molecule has 0 radical (unpaired) electrons. The van der Waals surface area contributed by atoms with Gasteiger partial charge in [0.1, 0.15) is 11.5 Å². The van der Waals surface area contributed by atoms with E-state index in [4.69, 9.17) is 13.7 Å². The Bertz CT molecular complexity index is 999. The van der Waals surface area contributed by atoms with E-state index in [2.05, 4.69) is 9.97 Å². The number of aromatic nitrogens is 2. The molecule has 0 aliphatic carbocycles. The molecule has 0 unspecified atom stereocenters. The lowest BCUT2D eigenvalue weighted by atomic mass is 10.1. The van der Waals surface area contributed by atoms with Crippen molar-refractivity contribution in [2.45, 2.75) is 6.92 Å². The summed E-state index contributed by atoms with van der Waals surface area (Å²) in [6.07, 6.45) is 0.961. The van der Waals surface area contributed by atoms with Crippen LogP contribution in [0, 0.1) is 6.92 Å². The minimum absolute atomic E-state index is 0.00279. The second kappa shape index (κ2) is 7.00. The first-order valence-electron chi connectivity index (χ1n) is 7.58. The van der Waals surface area contributed by atoms with Gasteiger partial charge in [-0.15, -0.1) is 11.3 Å². The highest BCUT2D eigenvalue weighted by Crippen LogP contribution is 2.42. The van der Waals surface area contributed by atoms with E-state index in [1.807, 2.05) is 24.4 Å². The lowest BCUT2D eigenvalue weighted by molar-refractivity contribution is 0.361. The maximum absolute atomic E-state index is 11.5. The molecule has 2 aromatic heterocycles. The fourth-order valence-electron chi connectivity index (χ4n) is 2.50. The molecule has 3 rings (SSSR count). The first kappa shape index (κ1) is 18.3. The molecule has 0 aliphatic rings. The zero-order chi connectivity index (χ0) is 18.9. The van der Waals surface area contributed by atoms with Crippen molar-refractivity contribution in [1.82, 2.24) is 9.97 Å². The van der Waals surface area contributed by atoms with E-state index >= 15 is 0 Å². The third-order valence-electron chi connectivity index (χ3n) is 3.61. The van der Waals surface area contributed by atoms with Gasteiger partial charge in [0, 0.05) is 11.3 Å². The maximum atomic E-state index is 11.5. The monoisotopic (exact) mass is 394 g/mol. The average molecular weight is 394 g/mol. The molecular weight excluding hydrogens is 376 g/mol. The molecule has 0 spiro atoms. The molecule has 0 bridgehead atoms. The van der Waals surface area contributed by atoms with Crippen molar-refractivity contribution in [3.05, 3.63) is 35.3 Å². The number of rotatable bonds is 6. The molecule has 3 aromatic rings. The van der Waals surface area contributed by atoms with Crippen molar-refractivity contribution in [1.29, 1.82) is 0 Å². The SMILES string of the molecule is COc1cc(-c2nc(-c3cccs3)c(C)[nH]2)cc(OC)c1OS(C)(=O)=O. The zero-order valence-corrected chi connectivity index (χ0v) is 16.3. The Labute approximate surface area is 155 Å². The van der Waals surface area contributed by atoms with Gasteiger partial charge in [-0.1, -0.05) is 6.07 Å². The first-order chi connectivity index (χ1) is 12.3. The molecular formula is C17H18N2O5S2. The lowest BCUT2D eigenvalue weighted by Gasteiger charge is -2.14. The summed E-state index contributed by atoms with van der Waals surface area (Å²) in [5.74, 6) is 1.09. The number of thiophene rings is 1. The molecule has 2 heterocycles. The maximum Gasteiger partial charge on any atom is 0.306 e. The average Bonchev–Trinajstić information content (AvgIpc) is 3.22. The molecule has 26 heavy (non-hydrogen) atoms. The molecule has 9 heteroatoms. The van der Waals surface area contributed by atoms with Crippen molar-refractivity contribution in [3.63, 3.8) is 0 Å². The van der Waals surface area contributed by atoms with Crippen LogP contribution in [0.3, 0.4) is 0 Å². The summed E-state index contributed by atoms with van der Waals surface area (Å²) in [7, 11) is -0.877. The Kier molecular flexibility index (Phi) is 4.92. The second-order valence-corrected chi connectivity index (χ2v) is 8.06. The molecule has 0 amide bonds. The summed E-state index contributed by atoms with van der Waals surface area (Å²) in [6, 6.07) is 7.28. The summed E-state index contributed by atoms with van der Waals surface area (Å²) in [5.41, 5.74) is 2.48. The van der Waals surface area contributed by atoms with E-state index in [0.29, 0.717) is 11.4 Å². The molecule has 1 N–H and O–H groups in total. The van der Waals surface area contributed by atoms with E-state index in [9.17, 15) is 8.42 Å². The van der Waals surface area contributed by atoms with E-state index in [1.165, 1.54) is 14.2 Å². The number of methoxy groups -OCH3 is 2. The van der Waals surface area contributed by atoms with Crippen LogP contribution in [-0.2, 0) is 10.1 Å². The van der Waals surface area contributed by atoms with Crippen molar-refractivity contribution in [2.75, 3.05) is 20.5 Å². The van der Waals surface area contributed by atoms with E-state index < -0.39 is 10.1 Å². The molecule has 0 saturated heterocycles. The molecule has 7 nitrogen and oxygen atoms in total. The fourth-order valence-corrected chi connectivity index (χ4v) is 3.74. The normalized spacial score (nSPS) is 11.4. The van der Waals surface area contributed by atoms with Gasteiger partial charge in [-0.05, 0) is 30.5 Å². The molecule has 0 fully saturated rings. The number of aryl methyl sites for hydroxylation is 1.